The molecule has 1 aliphatic rings. The van der Waals surface area contributed by atoms with E-state index in [0.717, 1.165) is 10.0 Å². The molecular formula is C9H11NO2S. The summed E-state index contributed by atoms with van der Waals surface area (Å²) in [6.07, 6.45) is 0. The van der Waals surface area contributed by atoms with Crippen LogP contribution >= 0.6 is 12.8 Å². The van der Waals surface area contributed by atoms with Crippen LogP contribution in [0, 0.1) is 0 Å². The zero-order chi connectivity index (χ0) is 9.26. The number of benzene rings is 1. The molecule has 1 aromatic rings. The first-order chi connectivity index (χ1) is 6.25. The number of nitrogens with zero attached hydrogens (tertiary/aromatic N) is 1. The highest BCUT2D eigenvalue weighted by Crippen LogP contribution is 2.21. The summed E-state index contributed by atoms with van der Waals surface area (Å²) in [7, 11) is 0. The molecular weight excluding hydrogens is 186 g/mol. The Balaban J connectivity index is 2.21. The molecule has 1 aliphatic heterocycles. The smallest absolute Gasteiger partial charge is 0.0725 e. The predicted molar refractivity (Wildman–Crippen MR) is 51.3 cm³/mol. The van der Waals surface area contributed by atoms with Gasteiger partial charge in [-0.3, -0.25) is 0 Å². The lowest BCUT2D eigenvalue weighted by molar-refractivity contribution is 0.0119. The molecule has 0 aromatic heterocycles. The zero-order valence-corrected chi connectivity index (χ0v) is 8.00. The number of rotatable bonds is 2. The van der Waals surface area contributed by atoms with E-state index in [1.807, 2.05) is 18.2 Å². The molecule has 0 aliphatic carbocycles. The second-order valence-electron chi connectivity index (χ2n) is 3.13. The Morgan fingerprint density at radius 1 is 1.38 bits per heavy atom. The van der Waals surface area contributed by atoms with Crippen LogP contribution in [0.5, 0.6) is 0 Å². The average molecular weight is 197 g/mol. The topological polar surface area (TPSA) is 32.7 Å². The lowest BCUT2D eigenvalue weighted by atomic mass is 10.1. The summed E-state index contributed by atoms with van der Waals surface area (Å²) in [5.74, 6) is 0. The minimum absolute atomic E-state index is 0.427. The van der Waals surface area contributed by atoms with Crippen LogP contribution in [0.25, 0.3) is 0 Å². The number of thiol groups is 1. The molecule has 4 heteroatoms. The largest absolute Gasteiger partial charge is 0.372 e. The first-order valence-corrected chi connectivity index (χ1v) is 4.49. The summed E-state index contributed by atoms with van der Waals surface area (Å²) in [6.45, 7) is 1.82. The van der Waals surface area contributed by atoms with Gasteiger partial charge in [0.1, 0.15) is 0 Å². The second kappa shape index (κ2) is 3.67. The first kappa shape index (κ1) is 9.02. The van der Waals surface area contributed by atoms with Gasteiger partial charge in [0.2, 0.25) is 0 Å². The molecule has 70 valence electrons. The zero-order valence-electron chi connectivity index (χ0n) is 7.10. The molecule has 13 heavy (non-hydrogen) atoms. The molecule has 0 bridgehead atoms. The summed E-state index contributed by atoms with van der Waals surface area (Å²) < 4.78 is 6.15. The Morgan fingerprint density at radius 2 is 2.15 bits per heavy atom. The summed E-state index contributed by atoms with van der Waals surface area (Å²) in [4.78, 5) is 0. The molecule has 1 aromatic carbocycles. The highest BCUT2D eigenvalue weighted by molar-refractivity contribution is 7.77. The van der Waals surface area contributed by atoms with E-state index in [1.165, 1.54) is 11.1 Å². The molecule has 0 unspecified atom stereocenters. The fourth-order valence-corrected chi connectivity index (χ4v) is 1.65. The van der Waals surface area contributed by atoms with E-state index in [0.29, 0.717) is 19.8 Å². The summed E-state index contributed by atoms with van der Waals surface area (Å²) in [5.41, 5.74) is 3.50. The Bertz CT molecular complexity index is 314. The first-order valence-electron chi connectivity index (χ1n) is 4.09. The van der Waals surface area contributed by atoms with Crippen LogP contribution in [0.3, 0.4) is 0 Å². The van der Waals surface area contributed by atoms with Gasteiger partial charge in [-0.25, -0.2) is 0 Å². The van der Waals surface area contributed by atoms with Gasteiger partial charge in [-0.1, -0.05) is 31.0 Å². The maximum Gasteiger partial charge on any atom is 0.0725 e. The monoisotopic (exact) mass is 197 g/mol. The fraction of sp³-hybridized carbons (Fsp3) is 0.333. The third-order valence-corrected chi connectivity index (χ3v) is 2.25. The number of hydroxylamine groups is 1. The summed E-state index contributed by atoms with van der Waals surface area (Å²) >= 11 is 3.77. The van der Waals surface area contributed by atoms with Crippen molar-refractivity contribution in [3.63, 3.8) is 0 Å². The lowest BCUT2D eigenvalue weighted by Crippen LogP contribution is -2.05. The van der Waals surface area contributed by atoms with E-state index >= 15 is 0 Å². The van der Waals surface area contributed by atoms with Crippen LogP contribution in [-0.2, 0) is 24.5 Å². The quantitative estimate of drug-likeness (QED) is 0.559. The standard InChI is InChI=1S/C9H11NO2S/c11-10(13)4-7-1-2-8-5-12-6-9(8)3-7/h1-3,11,13H,4-6H2. The average Bonchev–Trinajstić information content (AvgIpc) is 2.49. The number of fused-ring (bicyclic) bond motifs is 1. The highest BCUT2D eigenvalue weighted by Gasteiger charge is 2.11. The Labute approximate surface area is 82.4 Å². The second-order valence-corrected chi connectivity index (χ2v) is 3.59. The minimum Gasteiger partial charge on any atom is -0.372 e. The molecule has 0 radical (unpaired) electrons. The van der Waals surface area contributed by atoms with Gasteiger partial charge in [0.15, 0.2) is 0 Å². The highest BCUT2D eigenvalue weighted by atomic mass is 32.1. The van der Waals surface area contributed by atoms with Crippen LogP contribution in [0.15, 0.2) is 18.2 Å². The SMILES string of the molecule is ON(S)Cc1ccc2c(c1)COC2. The molecule has 1 heterocycles. The van der Waals surface area contributed by atoms with Crippen LogP contribution in [0.1, 0.15) is 16.7 Å². The number of hydrogen-bond donors (Lipinski definition) is 2. The van der Waals surface area contributed by atoms with Gasteiger partial charge in [0.25, 0.3) is 0 Å². The maximum absolute atomic E-state index is 8.92. The van der Waals surface area contributed by atoms with Crippen molar-refractivity contribution in [2.45, 2.75) is 19.8 Å². The van der Waals surface area contributed by atoms with Crippen molar-refractivity contribution in [2.75, 3.05) is 0 Å². The van der Waals surface area contributed by atoms with Crippen molar-refractivity contribution in [3.8, 4) is 0 Å². The summed E-state index contributed by atoms with van der Waals surface area (Å²) in [6, 6.07) is 6.06. The van der Waals surface area contributed by atoms with Gasteiger partial charge in [0.05, 0.1) is 19.8 Å². The van der Waals surface area contributed by atoms with Crippen molar-refractivity contribution in [3.05, 3.63) is 34.9 Å². The number of ether oxygens (including phenoxy) is 1. The van der Waals surface area contributed by atoms with E-state index in [2.05, 4.69) is 12.8 Å². The molecule has 2 rings (SSSR count). The van der Waals surface area contributed by atoms with E-state index in [9.17, 15) is 0 Å². The lowest BCUT2D eigenvalue weighted by Gasteiger charge is -2.07. The van der Waals surface area contributed by atoms with Gasteiger partial charge in [-0.15, -0.1) is 4.47 Å². The van der Waals surface area contributed by atoms with E-state index in [4.69, 9.17) is 9.94 Å². The fourth-order valence-electron chi connectivity index (χ4n) is 1.49. The molecule has 0 atom stereocenters. The number of hydrogen-bond acceptors (Lipinski definition) is 4. The van der Waals surface area contributed by atoms with Gasteiger partial charge < -0.3 is 9.94 Å². The molecule has 0 saturated heterocycles. The molecule has 0 spiro atoms. The molecule has 0 fully saturated rings. The van der Waals surface area contributed by atoms with Gasteiger partial charge in [-0.05, 0) is 16.7 Å². The van der Waals surface area contributed by atoms with Crippen molar-refractivity contribution < 1.29 is 9.94 Å². The molecule has 1 N–H and O–H groups in total. The van der Waals surface area contributed by atoms with E-state index in [1.54, 1.807) is 0 Å². The third-order valence-electron chi connectivity index (χ3n) is 2.11. The van der Waals surface area contributed by atoms with Crippen molar-refractivity contribution >= 4 is 12.8 Å². The van der Waals surface area contributed by atoms with Crippen molar-refractivity contribution in [2.24, 2.45) is 0 Å². The maximum atomic E-state index is 8.92. The van der Waals surface area contributed by atoms with E-state index < -0.39 is 0 Å². The Kier molecular flexibility index (Phi) is 2.55. The van der Waals surface area contributed by atoms with Gasteiger partial charge in [-0.2, -0.15) is 0 Å². The van der Waals surface area contributed by atoms with Crippen LogP contribution < -0.4 is 0 Å². The van der Waals surface area contributed by atoms with Crippen molar-refractivity contribution in [1.82, 2.24) is 4.47 Å². The van der Waals surface area contributed by atoms with Crippen molar-refractivity contribution in [1.29, 1.82) is 0 Å². The Morgan fingerprint density at radius 3 is 2.92 bits per heavy atom. The summed E-state index contributed by atoms with van der Waals surface area (Å²) in [5, 5.41) is 8.92. The van der Waals surface area contributed by atoms with Gasteiger partial charge in [0, 0.05) is 0 Å². The van der Waals surface area contributed by atoms with E-state index in [-0.39, 0.29) is 0 Å². The van der Waals surface area contributed by atoms with Gasteiger partial charge >= 0.3 is 0 Å². The normalized spacial score (nSPS) is 15.0. The molecule has 0 amide bonds. The predicted octanol–water partition coefficient (Wildman–Crippen LogP) is 1.75. The third kappa shape index (κ3) is 2.03. The Hall–Kier alpha value is -0.550. The molecule has 0 saturated carbocycles. The van der Waals surface area contributed by atoms with Crippen LogP contribution in [-0.4, -0.2) is 9.68 Å². The molecule has 3 nitrogen and oxygen atoms in total. The minimum atomic E-state index is 0.427. The van der Waals surface area contributed by atoms with Crippen LogP contribution in [0.2, 0.25) is 0 Å². The van der Waals surface area contributed by atoms with Crippen LogP contribution in [0.4, 0.5) is 0 Å².